The molecule has 0 radical (unpaired) electrons. The first kappa shape index (κ1) is 17.2. The van der Waals surface area contributed by atoms with Crippen LogP contribution in [0, 0.1) is 5.92 Å². The summed E-state index contributed by atoms with van der Waals surface area (Å²) in [5.74, 6) is -0.578. The average Bonchev–Trinajstić information content (AvgIpc) is 2.46. The van der Waals surface area contributed by atoms with Gasteiger partial charge in [-0.15, -0.1) is 6.58 Å². The van der Waals surface area contributed by atoms with Gasteiger partial charge in [0.15, 0.2) is 0 Å². The molecule has 0 atom stereocenters. The molecular formula is C15H24N2O4. The van der Waals surface area contributed by atoms with Crippen LogP contribution in [0.3, 0.4) is 0 Å². The minimum atomic E-state index is -0.408. The Kier molecular flexibility index (Phi) is 6.91. The number of hydrogen-bond donors (Lipinski definition) is 0. The Hall–Kier alpha value is -1.85. The van der Waals surface area contributed by atoms with Gasteiger partial charge in [0.1, 0.15) is 6.54 Å². The lowest BCUT2D eigenvalue weighted by Gasteiger charge is -2.33. The van der Waals surface area contributed by atoms with Crippen molar-refractivity contribution in [2.45, 2.75) is 26.7 Å². The van der Waals surface area contributed by atoms with Crippen LogP contribution in [0.4, 0.5) is 0 Å². The second-order valence-corrected chi connectivity index (χ2v) is 5.09. The monoisotopic (exact) mass is 296 g/mol. The van der Waals surface area contributed by atoms with Gasteiger partial charge in [0.05, 0.1) is 6.61 Å². The van der Waals surface area contributed by atoms with E-state index in [2.05, 4.69) is 6.58 Å². The van der Waals surface area contributed by atoms with Crippen LogP contribution in [-0.2, 0) is 19.1 Å². The van der Waals surface area contributed by atoms with Crippen molar-refractivity contribution in [2.75, 3.05) is 32.8 Å². The first-order valence-electron chi connectivity index (χ1n) is 7.30. The van der Waals surface area contributed by atoms with Crippen molar-refractivity contribution in [2.24, 2.45) is 5.92 Å². The van der Waals surface area contributed by atoms with Crippen LogP contribution in [0.2, 0.25) is 0 Å². The summed E-state index contributed by atoms with van der Waals surface area (Å²) in [5, 5.41) is 0. The Balaban J connectivity index is 2.58. The number of carbonyl (C=O) groups is 3. The van der Waals surface area contributed by atoms with Gasteiger partial charge in [0.25, 0.3) is 0 Å². The number of ether oxygens (including phenoxy) is 1. The highest BCUT2D eigenvalue weighted by Crippen LogP contribution is 2.19. The summed E-state index contributed by atoms with van der Waals surface area (Å²) in [6, 6.07) is 0. The minimum Gasteiger partial charge on any atom is -0.465 e. The summed E-state index contributed by atoms with van der Waals surface area (Å²) in [5.41, 5.74) is 0. The fourth-order valence-electron chi connectivity index (χ4n) is 2.45. The van der Waals surface area contributed by atoms with Gasteiger partial charge in [-0.25, -0.2) is 0 Å². The third-order valence-corrected chi connectivity index (χ3v) is 3.58. The normalized spacial score (nSPS) is 15.4. The highest BCUT2D eigenvalue weighted by atomic mass is 16.5. The van der Waals surface area contributed by atoms with E-state index in [1.54, 1.807) is 17.9 Å². The van der Waals surface area contributed by atoms with Gasteiger partial charge in [-0.1, -0.05) is 6.08 Å². The SMILES string of the molecule is C=CCN(CC(=O)OCC)C(=O)C1CCN(C(C)=O)CC1. The number of nitrogens with zero attached hydrogens (tertiary/aromatic N) is 2. The lowest BCUT2D eigenvalue weighted by molar-refractivity contribution is -0.150. The maximum atomic E-state index is 12.5. The lowest BCUT2D eigenvalue weighted by atomic mass is 9.95. The molecule has 6 heteroatoms. The van der Waals surface area contributed by atoms with Crippen LogP contribution in [0.1, 0.15) is 26.7 Å². The number of rotatable bonds is 6. The fourth-order valence-corrected chi connectivity index (χ4v) is 2.45. The summed E-state index contributed by atoms with van der Waals surface area (Å²) >= 11 is 0. The Bertz CT molecular complexity index is 400. The summed E-state index contributed by atoms with van der Waals surface area (Å²) in [4.78, 5) is 38.5. The maximum Gasteiger partial charge on any atom is 0.325 e. The van der Waals surface area contributed by atoms with Crippen molar-refractivity contribution >= 4 is 17.8 Å². The van der Waals surface area contributed by atoms with E-state index >= 15 is 0 Å². The Morgan fingerprint density at radius 1 is 1.33 bits per heavy atom. The summed E-state index contributed by atoms with van der Waals surface area (Å²) < 4.78 is 4.88. The maximum absolute atomic E-state index is 12.5. The Morgan fingerprint density at radius 3 is 2.43 bits per heavy atom. The summed E-state index contributed by atoms with van der Waals surface area (Å²) in [6.45, 7) is 8.64. The van der Waals surface area contributed by atoms with Crippen molar-refractivity contribution in [1.82, 2.24) is 9.80 Å². The van der Waals surface area contributed by atoms with Crippen LogP contribution in [0.15, 0.2) is 12.7 Å². The van der Waals surface area contributed by atoms with Gasteiger partial charge in [0.2, 0.25) is 11.8 Å². The van der Waals surface area contributed by atoms with E-state index in [-0.39, 0.29) is 24.3 Å². The van der Waals surface area contributed by atoms with Gasteiger partial charge in [-0.2, -0.15) is 0 Å². The van der Waals surface area contributed by atoms with E-state index < -0.39 is 5.97 Å². The molecule has 0 aliphatic carbocycles. The first-order valence-corrected chi connectivity index (χ1v) is 7.30. The predicted molar refractivity (Wildman–Crippen MR) is 78.4 cm³/mol. The van der Waals surface area contributed by atoms with Gasteiger partial charge in [-0.05, 0) is 19.8 Å². The van der Waals surface area contributed by atoms with Gasteiger partial charge < -0.3 is 14.5 Å². The first-order chi connectivity index (χ1) is 9.99. The minimum absolute atomic E-state index is 0.0374. The molecule has 0 unspecified atom stereocenters. The number of piperidine rings is 1. The molecule has 1 fully saturated rings. The molecule has 0 aromatic heterocycles. The number of amides is 2. The summed E-state index contributed by atoms with van der Waals surface area (Å²) in [6.07, 6.45) is 2.87. The van der Waals surface area contributed by atoms with Gasteiger partial charge in [0, 0.05) is 32.5 Å². The van der Waals surface area contributed by atoms with E-state index in [1.807, 2.05) is 0 Å². The third kappa shape index (κ3) is 5.21. The van der Waals surface area contributed by atoms with Crippen molar-refractivity contribution in [3.8, 4) is 0 Å². The predicted octanol–water partition coefficient (Wildman–Crippen LogP) is 0.823. The number of likely N-dealkylation sites (tertiary alicyclic amines) is 1. The third-order valence-electron chi connectivity index (χ3n) is 3.58. The van der Waals surface area contributed by atoms with Crippen LogP contribution in [0.5, 0.6) is 0 Å². The van der Waals surface area contributed by atoms with E-state index in [9.17, 15) is 14.4 Å². The molecule has 118 valence electrons. The van der Waals surface area contributed by atoms with Crippen LogP contribution in [-0.4, -0.2) is 60.4 Å². The fraction of sp³-hybridized carbons (Fsp3) is 0.667. The standard InChI is InChI=1S/C15H24N2O4/c1-4-8-17(11-14(19)21-5-2)15(20)13-6-9-16(10-7-13)12(3)18/h4,13H,1,5-11H2,2-3H3. The van der Waals surface area contributed by atoms with Gasteiger partial charge >= 0.3 is 5.97 Å². The van der Waals surface area contributed by atoms with Crippen LogP contribution >= 0.6 is 0 Å². The molecule has 1 rings (SSSR count). The topological polar surface area (TPSA) is 66.9 Å². The zero-order valence-electron chi connectivity index (χ0n) is 12.8. The molecule has 1 aliphatic rings. The van der Waals surface area contributed by atoms with Crippen LogP contribution in [0.25, 0.3) is 0 Å². The highest BCUT2D eigenvalue weighted by Gasteiger charge is 2.29. The van der Waals surface area contributed by atoms with E-state index in [0.717, 1.165) is 0 Å². The van der Waals surface area contributed by atoms with E-state index in [4.69, 9.17) is 4.74 Å². The molecule has 0 N–H and O–H groups in total. The number of hydrogen-bond acceptors (Lipinski definition) is 4. The average molecular weight is 296 g/mol. The smallest absolute Gasteiger partial charge is 0.325 e. The molecule has 1 heterocycles. The molecule has 6 nitrogen and oxygen atoms in total. The molecule has 2 amide bonds. The second-order valence-electron chi connectivity index (χ2n) is 5.09. The van der Waals surface area contributed by atoms with Crippen molar-refractivity contribution < 1.29 is 19.1 Å². The molecule has 1 aliphatic heterocycles. The van der Waals surface area contributed by atoms with Crippen molar-refractivity contribution in [1.29, 1.82) is 0 Å². The highest BCUT2D eigenvalue weighted by molar-refractivity contribution is 5.84. The van der Waals surface area contributed by atoms with E-state index in [0.29, 0.717) is 39.1 Å². The number of carbonyl (C=O) groups excluding carboxylic acids is 3. The zero-order chi connectivity index (χ0) is 15.8. The lowest BCUT2D eigenvalue weighted by Crippen LogP contribution is -2.45. The molecular weight excluding hydrogens is 272 g/mol. The zero-order valence-corrected chi connectivity index (χ0v) is 12.8. The molecule has 21 heavy (non-hydrogen) atoms. The molecule has 0 spiro atoms. The molecule has 0 aromatic carbocycles. The Labute approximate surface area is 125 Å². The quantitative estimate of drug-likeness (QED) is 0.538. The summed E-state index contributed by atoms with van der Waals surface area (Å²) in [7, 11) is 0. The second kappa shape index (κ2) is 8.44. The van der Waals surface area contributed by atoms with Crippen molar-refractivity contribution in [3.05, 3.63) is 12.7 Å². The number of esters is 1. The van der Waals surface area contributed by atoms with Crippen molar-refractivity contribution in [3.63, 3.8) is 0 Å². The largest absolute Gasteiger partial charge is 0.465 e. The Morgan fingerprint density at radius 2 is 1.95 bits per heavy atom. The molecule has 1 saturated heterocycles. The molecule has 0 bridgehead atoms. The molecule has 0 saturated carbocycles. The van der Waals surface area contributed by atoms with Gasteiger partial charge in [-0.3, -0.25) is 14.4 Å². The molecule has 0 aromatic rings. The van der Waals surface area contributed by atoms with Crippen LogP contribution < -0.4 is 0 Å². The van der Waals surface area contributed by atoms with E-state index in [1.165, 1.54) is 11.8 Å².